The van der Waals surface area contributed by atoms with Gasteiger partial charge in [0.2, 0.25) is 0 Å². The van der Waals surface area contributed by atoms with E-state index in [0.29, 0.717) is 0 Å². The van der Waals surface area contributed by atoms with Crippen LogP contribution in [0.25, 0.3) is 10.4 Å². The summed E-state index contributed by atoms with van der Waals surface area (Å²) in [6.07, 6.45) is 2.60. The van der Waals surface area contributed by atoms with Crippen molar-refractivity contribution in [2.24, 2.45) is 11.7 Å². The largest absolute Gasteiger partial charge is 0.323 e. The highest BCUT2D eigenvalue weighted by Gasteiger charge is 2.30. The summed E-state index contributed by atoms with van der Waals surface area (Å²) < 4.78 is 0. The summed E-state index contributed by atoms with van der Waals surface area (Å²) in [5.41, 5.74) is 9.26. The Kier molecular flexibility index (Phi) is 3.47. The molecule has 1 aliphatic rings. The van der Waals surface area contributed by atoms with Crippen molar-refractivity contribution in [2.45, 2.75) is 45.1 Å². The molecule has 3 rings (SSSR count). The number of benzene rings is 1. The Labute approximate surface area is 125 Å². The van der Waals surface area contributed by atoms with Crippen molar-refractivity contribution >= 4 is 11.3 Å². The Balaban J connectivity index is 1.97. The Bertz CT molecular complexity index is 602. The molecule has 1 aliphatic carbocycles. The lowest BCUT2D eigenvalue weighted by atomic mass is 9.83. The van der Waals surface area contributed by atoms with Gasteiger partial charge in [0, 0.05) is 15.8 Å². The van der Waals surface area contributed by atoms with Gasteiger partial charge < -0.3 is 5.73 Å². The fourth-order valence-corrected chi connectivity index (χ4v) is 3.86. The van der Waals surface area contributed by atoms with E-state index in [-0.39, 0.29) is 11.5 Å². The van der Waals surface area contributed by atoms with Gasteiger partial charge in [-0.05, 0) is 47.4 Å². The van der Waals surface area contributed by atoms with Crippen LogP contribution in [-0.2, 0) is 5.41 Å². The van der Waals surface area contributed by atoms with Gasteiger partial charge >= 0.3 is 0 Å². The standard InChI is InChI=1S/C18H23NS/c1-18(2,3)14-7-5-4-6-13(14)15-10-11-16(20-15)17(19)12-8-9-12/h4-7,10-12,17H,8-9,19H2,1-3H3. The highest BCUT2D eigenvalue weighted by Crippen LogP contribution is 2.44. The number of nitrogens with two attached hydrogens (primary N) is 1. The average molecular weight is 285 g/mol. The molecule has 1 aromatic carbocycles. The molecule has 1 heterocycles. The summed E-state index contributed by atoms with van der Waals surface area (Å²) in [6, 6.07) is 13.5. The summed E-state index contributed by atoms with van der Waals surface area (Å²) in [7, 11) is 0. The molecule has 2 aromatic rings. The zero-order valence-corrected chi connectivity index (χ0v) is 13.3. The second kappa shape index (κ2) is 5.01. The summed E-state index contributed by atoms with van der Waals surface area (Å²) in [4.78, 5) is 2.69. The van der Waals surface area contributed by atoms with E-state index in [1.54, 1.807) is 0 Å². The Morgan fingerprint density at radius 1 is 1.10 bits per heavy atom. The molecule has 0 spiro atoms. The molecule has 0 radical (unpaired) electrons. The zero-order valence-electron chi connectivity index (χ0n) is 12.5. The maximum Gasteiger partial charge on any atom is 0.0418 e. The van der Waals surface area contributed by atoms with E-state index < -0.39 is 0 Å². The van der Waals surface area contributed by atoms with Crippen molar-refractivity contribution < 1.29 is 0 Å². The summed E-state index contributed by atoms with van der Waals surface area (Å²) in [6.45, 7) is 6.82. The average Bonchev–Trinajstić information content (AvgIpc) is 3.14. The minimum atomic E-state index is 0.166. The van der Waals surface area contributed by atoms with Crippen LogP contribution in [0, 0.1) is 5.92 Å². The normalized spacial score (nSPS) is 17.2. The van der Waals surface area contributed by atoms with Crippen molar-refractivity contribution in [3.63, 3.8) is 0 Å². The molecule has 1 aromatic heterocycles. The quantitative estimate of drug-likeness (QED) is 0.832. The molecule has 106 valence electrons. The van der Waals surface area contributed by atoms with Crippen LogP contribution in [0.3, 0.4) is 0 Å². The van der Waals surface area contributed by atoms with Crippen LogP contribution in [0.5, 0.6) is 0 Å². The first-order valence-electron chi connectivity index (χ1n) is 7.42. The van der Waals surface area contributed by atoms with E-state index in [0.717, 1.165) is 5.92 Å². The van der Waals surface area contributed by atoms with Gasteiger partial charge in [-0.25, -0.2) is 0 Å². The molecule has 0 bridgehead atoms. The fraction of sp³-hybridized carbons (Fsp3) is 0.444. The number of hydrogen-bond donors (Lipinski definition) is 1. The lowest BCUT2D eigenvalue weighted by Crippen LogP contribution is -2.12. The monoisotopic (exact) mass is 285 g/mol. The van der Waals surface area contributed by atoms with Gasteiger partial charge in [-0.1, -0.05) is 45.0 Å². The van der Waals surface area contributed by atoms with E-state index >= 15 is 0 Å². The van der Waals surface area contributed by atoms with Crippen LogP contribution >= 0.6 is 11.3 Å². The van der Waals surface area contributed by atoms with Gasteiger partial charge in [0.1, 0.15) is 0 Å². The van der Waals surface area contributed by atoms with E-state index in [9.17, 15) is 0 Å². The van der Waals surface area contributed by atoms with Crippen LogP contribution in [0.1, 0.15) is 50.1 Å². The predicted octanol–water partition coefficient (Wildman–Crippen LogP) is 5.12. The SMILES string of the molecule is CC(C)(C)c1ccccc1-c1ccc(C(N)C2CC2)s1. The Morgan fingerprint density at radius 2 is 1.80 bits per heavy atom. The molecular weight excluding hydrogens is 262 g/mol. The van der Waals surface area contributed by atoms with Gasteiger partial charge in [-0.3, -0.25) is 0 Å². The maximum absolute atomic E-state index is 6.33. The van der Waals surface area contributed by atoms with Crippen molar-refractivity contribution in [3.05, 3.63) is 46.8 Å². The van der Waals surface area contributed by atoms with Crippen molar-refractivity contribution in [3.8, 4) is 10.4 Å². The lowest BCUT2D eigenvalue weighted by Gasteiger charge is -2.22. The van der Waals surface area contributed by atoms with Gasteiger partial charge in [-0.2, -0.15) is 0 Å². The van der Waals surface area contributed by atoms with Crippen LogP contribution < -0.4 is 5.73 Å². The molecule has 1 fully saturated rings. The molecule has 0 saturated heterocycles. The summed E-state index contributed by atoms with van der Waals surface area (Å²) in [5.74, 6) is 0.722. The highest BCUT2D eigenvalue weighted by molar-refractivity contribution is 7.15. The molecule has 2 N–H and O–H groups in total. The topological polar surface area (TPSA) is 26.0 Å². The molecule has 0 aliphatic heterocycles. The Hall–Kier alpha value is -1.12. The van der Waals surface area contributed by atoms with E-state index in [2.05, 4.69) is 57.2 Å². The lowest BCUT2D eigenvalue weighted by molar-refractivity contribution is 0.592. The third-order valence-electron chi connectivity index (χ3n) is 4.09. The Morgan fingerprint density at radius 3 is 2.45 bits per heavy atom. The fourth-order valence-electron chi connectivity index (χ4n) is 2.72. The van der Waals surface area contributed by atoms with Gasteiger partial charge in [0.05, 0.1) is 0 Å². The van der Waals surface area contributed by atoms with E-state index in [1.165, 1.54) is 33.7 Å². The second-order valence-corrected chi connectivity index (χ2v) is 7.98. The first kappa shape index (κ1) is 13.8. The number of thiophene rings is 1. The smallest absolute Gasteiger partial charge is 0.0418 e. The predicted molar refractivity (Wildman–Crippen MR) is 88.1 cm³/mol. The number of hydrogen-bond acceptors (Lipinski definition) is 2. The van der Waals surface area contributed by atoms with E-state index in [4.69, 9.17) is 5.73 Å². The van der Waals surface area contributed by atoms with E-state index in [1.807, 2.05) is 11.3 Å². The van der Waals surface area contributed by atoms with Gasteiger partial charge in [-0.15, -0.1) is 11.3 Å². The minimum absolute atomic E-state index is 0.166. The molecule has 1 saturated carbocycles. The minimum Gasteiger partial charge on any atom is -0.323 e. The molecule has 2 heteroatoms. The number of rotatable bonds is 3. The van der Waals surface area contributed by atoms with Crippen molar-refractivity contribution in [2.75, 3.05) is 0 Å². The summed E-state index contributed by atoms with van der Waals surface area (Å²) >= 11 is 1.87. The summed E-state index contributed by atoms with van der Waals surface area (Å²) in [5, 5.41) is 0. The van der Waals surface area contributed by atoms with Gasteiger partial charge in [0.25, 0.3) is 0 Å². The zero-order chi connectivity index (χ0) is 14.3. The first-order valence-corrected chi connectivity index (χ1v) is 8.23. The molecule has 20 heavy (non-hydrogen) atoms. The molecule has 1 atom stereocenters. The molecule has 1 nitrogen and oxygen atoms in total. The molecular formula is C18H23NS. The van der Waals surface area contributed by atoms with Crippen LogP contribution in [-0.4, -0.2) is 0 Å². The van der Waals surface area contributed by atoms with Crippen LogP contribution in [0.2, 0.25) is 0 Å². The van der Waals surface area contributed by atoms with Crippen LogP contribution in [0.15, 0.2) is 36.4 Å². The highest BCUT2D eigenvalue weighted by atomic mass is 32.1. The first-order chi connectivity index (χ1) is 9.47. The van der Waals surface area contributed by atoms with Gasteiger partial charge in [0.15, 0.2) is 0 Å². The van der Waals surface area contributed by atoms with Crippen LogP contribution in [0.4, 0.5) is 0 Å². The van der Waals surface area contributed by atoms with Crippen molar-refractivity contribution in [1.29, 1.82) is 0 Å². The second-order valence-electron chi connectivity index (χ2n) is 6.86. The molecule has 0 amide bonds. The third kappa shape index (κ3) is 2.68. The third-order valence-corrected chi connectivity index (χ3v) is 5.31. The maximum atomic E-state index is 6.33. The molecule has 1 unspecified atom stereocenters. The van der Waals surface area contributed by atoms with Crippen molar-refractivity contribution in [1.82, 2.24) is 0 Å².